The quantitative estimate of drug-likeness (QED) is 0.925. The maximum absolute atomic E-state index is 5.22. The number of hydrogen-bond acceptors (Lipinski definition) is 3. The lowest BCUT2D eigenvalue weighted by Gasteiger charge is -2.21. The van der Waals surface area contributed by atoms with Crippen molar-refractivity contribution in [2.24, 2.45) is 0 Å². The minimum absolute atomic E-state index is 0.743. The second-order valence-corrected chi connectivity index (χ2v) is 5.43. The fourth-order valence-corrected chi connectivity index (χ4v) is 3.20. The summed E-state index contributed by atoms with van der Waals surface area (Å²) in [5, 5.41) is 4.66. The Balaban J connectivity index is 2.20. The molecule has 0 spiro atoms. The molecule has 3 rings (SSSR count). The summed E-state index contributed by atoms with van der Waals surface area (Å²) >= 11 is 0. The summed E-state index contributed by atoms with van der Waals surface area (Å²) in [5.41, 5.74) is 6.43. The molecule has 20 heavy (non-hydrogen) atoms. The van der Waals surface area contributed by atoms with Crippen molar-refractivity contribution >= 4 is 16.6 Å². The molecule has 1 N–H and O–H groups in total. The monoisotopic (exact) mass is 270 g/mol. The second-order valence-electron chi connectivity index (χ2n) is 5.43. The molecule has 0 atom stereocenters. The molecule has 1 aliphatic carbocycles. The van der Waals surface area contributed by atoms with Crippen LogP contribution in [0.3, 0.4) is 0 Å². The SMILES string of the molecule is CNc1c2c(nc3c(CCOC)cccc13)CCCC2. The summed E-state index contributed by atoms with van der Waals surface area (Å²) in [6.45, 7) is 0.743. The summed E-state index contributed by atoms with van der Waals surface area (Å²) in [6.07, 6.45) is 5.71. The van der Waals surface area contributed by atoms with E-state index in [1.807, 2.05) is 7.05 Å². The number of ether oxygens (including phenoxy) is 1. The Hall–Kier alpha value is -1.61. The van der Waals surface area contributed by atoms with Crippen LogP contribution in [0.5, 0.6) is 0 Å². The van der Waals surface area contributed by atoms with E-state index in [1.54, 1.807) is 7.11 Å². The first-order valence-corrected chi connectivity index (χ1v) is 7.45. The molecule has 0 amide bonds. The van der Waals surface area contributed by atoms with E-state index in [0.29, 0.717) is 0 Å². The van der Waals surface area contributed by atoms with Gasteiger partial charge in [-0.15, -0.1) is 0 Å². The van der Waals surface area contributed by atoms with Crippen molar-refractivity contribution in [1.82, 2.24) is 4.98 Å². The number of para-hydroxylation sites is 1. The number of aryl methyl sites for hydroxylation is 1. The molecule has 0 saturated heterocycles. The number of rotatable bonds is 4. The van der Waals surface area contributed by atoms with Crippen molar-refractivity contribution in [2.75, 3.05) is 26.1 Å². The molecule has 1 aromatic carbocycles. The molecule has 2 aromatic rings. The van der Waals surface area contributed by atoms with Gasteiger partial charge in [0, 0.05) is 30.9 Å². The predicted molar refractivity (Wildman–Crippen MR) is 83.5 cm³/mol. The molecule has 0 aliphatic heterocycles. The largest absolute Gasteiger partial charge is 0.387 e. The lowest BCUT2D eigenvalue weighted by Crippen LogP contribution is -2.10. The summed E-state index contributed by atoms with van der Waals surface area (Å²) in [4.78, 5) is 4.98. The molecule has 0 bridgehead atoms. The third kappa shape index (κ3) is 2.27. The minimum Gasteiger partial charge on any atom is -0.387 e. The van der Waals surface area contributed by atoms with Crippen molar-refractivity contribution in [3.05, 3.63) is 35.0 Å². The highest BCUT2D eigenvalue weighted by Gasteiger charge is 2.18. The Bertz CT molecular complexity index is 622. The van der Waals surface area contributed by atoms with Gasteiger partial charge in [-0.1, -0.05) is 18.2 Å². The summed E-state index contributed by atoms with van der Waals surface area (Å²) < 4.78 is 5.22. The van der Waals surface area contributed by atoms with Gasteiger partial charge in [0.25, 0.3) is 0 Å². The lowest BCUT2D eigenvalue weighted by atomic mass is 9.92. The average Bonchev–Trinajstić information content (AvgIpc) is 2.50. The second kappa shape index (κ2) is 5.80. The van der Waals surface area contributed by atoms with Crippen molar-refractivity contribution in [3.63, 3.8) is 0 Å². The third-order valence-corrected chi connectivity index (χ3v) is 4.20. The Morgan fingerprint density at radius 1 is 1.25 bits per heavy atom. The molecule has 0 saturated carbocycles. The maximum atomic E-state index is 5.22. The molecule has 1 aromatic heterocycles. The van der Waals surface area contributed by atoms with Crippen LogP contribution in [0.1, 0.15) is 29.7 Å². The highest BCUT2D eigenvalue weighted by molar-refractivity contribution is 5.95. The number of nitrogens with zero attached hydrogens (tertiary/aromatic N) is 1. The van der Waals surface area contributed by atoms with Crippen molar-refractivity contribution < 1.29 is 4.74 Å². The van der Waals surface area contributed by atoms with E-state index in [2.05, 4.69) is 23.5 Å². The topological polar surface area (TPSA) is 34.2 Å². The summed E-state index contributed by atoms with van der Waals surface area (Å²) in [5.74, 6) is 0. The van der Waals surface area contributed by atoms with Gasteiger partial charge < -0.3 is 10.1 Å². The Labute approximate surface area is 120 Å². The highest BCUT2D eigenvalue weighted by atomic mass is 16.5. The molecular weight excluding hydrogens is 248 g/mol. The van der Waals surface area contributed by atoms with E-state index < -0.39 is 0 Å². The van der Waals surface area contributed by atoms with Gasteiger partial charge in [-0.25, -0.2) is 0 Å². The van der Waals surface area contributed by atoms with E-state index in [4.69, 9.17) is 9.72 Å². The number of nitrogens with one attached hydrogen (secondary N) is 1. The van der Waals surface area contributed by atoms with Gasteiger partial charge in [0.05, 0.1) is 12.1 Å². The van der Waals surface area contributed by atoms with Crippen LogP contribution in [0, 0.1) is 0 Å². The van der Waals surface area contributed by atoms with Gasteiger partial charge in [-0.2, -0.15) is 0 Å². The zero-order valence-corrected chi connectivity index (χ0v) is 12.3. The number of methoxy groups -OCH3 is 1. The number of fused-ring (bicyclic) bond motifs is 2. The van der Waals surface area contributed by atoms with Crippen molar-refractivity contribution in [1.29, 1.82) is 0 Å². The average molecular weight is 270 g/mol. The molecule has 0 radical (unpaired) electrons. The molecule has 0 fully saturated rings. The van der Waals surface area contributed by atoms with Crippen LogP contribution in [0.25, 0.3) is 10.9 Å². The van der Waals surface area contributed by atoms with Crippen LogP contribution in [0.2, 0.25) is 0 Å². The van der Waals surface area contributed by atoms with E-state index in [0.717, 1.165) is 31.4 Å². The van der Waals surface area contributed by atoms with Gasteiger partial charge in [-0.05, 0) is 43.2 Å². The van der Waals surface area contributed by atoms with Crippen LogP contribution in [0.15, 0.2) is 18.2 Å². The Kier molecular flexibility index (Phi) is 3.88. The predicted octanol–water partition coefficient (Wildman–Crippen LogP) is 3.34. The number of pyridine rings is 1. The van der Waals surface area contributed by atoms with Crippen LogP contribution in [-0.4, -0.2) is 25.7 Å². The molecule has 106 valence electrons. The fraction of sp³-hybridized carbons (Fsp3) is 0.471. The number of anilines is 1. The van der Waals surface area contributed by atoms with E-state index >= 15 is 0 Å². The summed E-state index contributed by atoms with van der Waals surface area (Å²) in [7, 11) is 3.77. The zero-order valence-electron chi connectivity index (χ0n) is 12.3. The van der Waals surface area contributed by atoms with Crippen LogP contribution >= 0.6 is 0 Å². The first-order chi connectivity index (χ1) is 9.85. The summed E-state index contributed by atoms with van der Waals surface area (Å²) in [6, 6.07) is 6.48. The van der Waals surface area contributed by atoms with E-state index in [9.17, 15) is 0 Å². The first-order valence-electron chi connectivity index (χ1n) is 7.45. The lowest BCUT2D eigenvalue weighted by molar-refractivity contribution is 0.202. The molecule has 0 unspecified atom stereocenters. The van der Waals surface area contributed by atoms with Crippen LogP contribution in [0.4, 0.5) is 5.69 Å². The van der Waals surface area contributed by atoms with Gasteiger partial charge in [0.2, 0.25) is 0 Å². The zero-order chi connectivity index (χ0) is 13.9. The van der Waals surface area contributed by atoms with Gasteiger partial charge in [0.15, 0.2) is 0 Å². The third-order valence-electron chi connectivity index (χ3n) is 4.20. The maximum Gasteiger partial charge on any atom is 0.0759 e. The first kappa shape index (κ1) is 13.4. The molecular formula is C17H22N2O. The van der Waals surface area contributed by atoms with Crippen molar-refractivity contribution in [2.45, 2.75) is 32.1 Å². The molecule has 1 aliphatic rings. The normalized spacial score (nSPS) is 14.3. The van der Waals surface area contributed by atoms with Gasteiger partial charge in [0.1, 0.15) is 0 Å². The van der Waals surface area contributed by atoms with Gasteiger partial charge >= 0.3 is 0 Å². The molecule has 3 nitrogen and oxygen atoms in total. The number of aromatic nitrogens is 1. The van der Waals surface area contributed by atoms with E-state index in [-0.39, 0.29) is 0 Å². The Morgan fingerprint density at radius 3 is 2.90 bits per heavy atom. The van der Waals surface area contributed by atoms with Crippen molar-refractivity contribution in [3.8, 4) is 0 Å². The smallest absolute Gasteiger partial charge is 0.0759 e. The fourth-order valence-electron chi connectivity index (χ4n) is 3.20. The molecule has 1 heterocycles. The number of hydrogen-bond donors (Lipinski definition) is 1. The van der Waals surface area contributed by atoms with Crippen LogP contribution < -0.4 is 5.32 Å². The van der Waals surface area contributed by atoms with Crippen LogP contribution in [-0.2, 0) is 24.0 Å². The molecule has 3 heteroatoms. The number of benzene rings is 1. The minimum atomic E-state index is 0.743. The van der Waals surface area contributed by atoms with Gasteiger partial charge in [-0.3, -0.25) is 4.98 Å². The van der Waals surface area contributed by atoms with E-state index in [1.165, 1.54) is 40.7 Å². The standard InChI is InChI=1S/C17H22N2O/c1-18-17-13-7-3-4-9-15(13)19-16-12(10-11-20-2)6-5-8-14(16)17/h5-6,8H,3-4,7,9-11H2,1-2H3,(H,18,19). The highest BCUT2D eigenvalue weighted by Crippen LogP contribution is 2.34. The Morgan fingerprint density at radius 2 is 2.10 bits per heavy atom.